The molecule has 1 heterocycles. The largest absolute Gasteiger partial charge is 0.315 e. The van der Waals surface area contributed by atoms with Crippen molar-refractivity contribution in [2.75, 3.05) is 13.1 Å². The molecule has 0 amide bonds. The maximum atomic E-state index is 3.78. The average Bonchev–Trinajstić information content (AvgIpc) is 3.11. The minimum Gasteiger partial charge on any atom is -0.315 e. The van der Waals surface area contributed by atoms with Crippen LogP contribution in [0.4, 0.5) is 0 Å². The van der Waals surface area contributed by atoms with Crippen molar-refractivity contribution in [3.05, 3.63) is 35.9 Å². The van der Waals surface area contributed by atoms with Crippen molar-refractivity contribution in [2.45, 2.75) is 37.3 Å². The zero-order valence-corrected chi connectivity index (χ0v) is 9.65. The van der Waals surface area contributed by atoms with E-state index >= 15 is 0 Å². The van der Waals surface area contributed by atoms with Gasteiger partial charge in [0.2, 0.25) is 0 Å². The average molecular weight is 216 g/mol. The highest BCUT2D eigenvalue weighted by Gasteiger charge is 2.39. The fourth-order valence-corrected chi connectivity index (χ4v) is 2.74. The van der Waals surface area contributed by atoms with Gasteiger partial charge in [0.1, 0.15) is 0 Å². The van der Waals surface area contributed by atoms with Crippen LogP contribution in [-0.4, -0.2) is 25.2 Å². The van der Waals surface area contributed by atoms with E-state index in [0.717, 1.165) is 18.5 Å². The normalized spacial score (nSPS) is 33.6. The molecular weight excluding hydrogens is 196 g/mol. The van der Waals surface area contributed by atoms with E-state index in [1.54, 1.807) is 0 Å². The van der Waals surface area contributed by atoms with E-state index in [-0.39, 0.29) is 0 Å². The van der Waals surface area contributed by atoms with Gasteiger partial charge in [0.15, 0.2) is 0 Å². The Bertz CT molecular complexity index is 330. The van der Waals surface area contributed by atoms with Gasteiger partial charge in [-0.2, -0.15) is 0 Å². The zero-order chi connectivity index (χ0) is 10.8. The summed E-state index contributed by atoms with van der Waals surface area (Å²) in [5.74, 6) is 0.767. The Labute approximate surface area is 97.4 Å². The lowest BCUT2D eigenvalue weighted by molar-refractivity contribution is 0.386. The van der Waals surface area contributed by atoms with Crippen LogP contribution in [0.2, 0.25) is 0 Å². The fraction of sp³-hybridized carbons (Fsp3) is 0.571. The van der Waals surface area contributed by atoms with E-state index < -0.39 is 0 Å². The molecule has 0 spiro atoms. The number of benzene rings is 1. The topological polar surface area (TPSA) is 24.1 Å². The van der Waals surface area contributed by atoms with Gasteiger partial charge in [-0.05, 0) is 31.4 Å². The summed E-state index contributed by atoms with van der Waals surface area (Å²) in [6.07, 6.45) is 3.98. The molecule has 2 heteroatoms. The number of nitrogens with one attached hydrogen (secondary N) is 2. The van der Waals surface area contributed by atoms with Gasteiger partial charge in [0, 0.05) is 24.5 Å². The molecule has 0 unspecified atom stereocenters. The molecule has 3 rings (SSSR count). The summed E-state index contributed by atoms with van der Waals surface area (Å²) in [4.78, 5) is 0. The quantitative estimate of drug-likeness (QED) is 0.806. The zero-order valence-electron chi connectivity index (χ0n) is 9.65. The van der Waals surface area contributed by atoms with E-state index in [2.05, 4.69) is 41.0 Å². The summed E-state index contributed by atoms with van der Waals surface area (Å²) in [6.45, 7) is 2.35. The first-order chi connectivity index (χ1) is 7.93. The molecule has 1 saturated heterocycles. The van der Waals surface area contributed by atoms with Gasteiger partial charge >= 0.3 is 0 Å². The first-order valence-electron chi connectivity index (χ1n) is 6.45. The third kappa shape index (κ3) is 2.28. The van der Waals surface area contributed by atoms with Crippen molar-refractivity contribution in [2.24, 2.45) is 0 Å². The van der Waals surface area contributed by atoms with Gasteiger partial charge < -0.3 is 10.6 Å². The van der Waals surface area contributed by atoms with Gasteiger partial charge in [-0.1, -0.05) is 30.3 Å². The lowest BCUT2D eigenvalue weighted by Crippen LogP contribution is -2.44. The Hall–Kier alpha value is -0.860. The Morgan fingerprint density at radius 2 is 2.06 bits per heavy atom. The van der Waals surface area contributed by atoms with E-state index in [9.17, 15) is 0 Å². The minimum atomic E-state index is 0.701. The predicted molar refractivity (Wildman–Crippen MR) is 66.6 cm³/mol. The summed E-state index contributed by atoms with van der Waals surface area (Å²) in [7, 11) is 0. The van der Waals surface area contributed by atoms with Gasteiger partial charge in [0.25, 0.3) is 0 Å². The Kier molecular flexibility index (Phi) is 2.94. The highest BCUT2D eigenvalue weighted by atomic mass is 15.1. The van der Waals surface area contributed by atoms with Gasteiger partial charge in [-0.25, -0.2) is 0 Å². The molecule has 1 aliphatic heterocycles. The standard InChI is InChI=1S/C14H20N2/c1-2-5-11(6-3-1)13-9-14(13)16-12-7-4-8-15-10-12/h1-3,5-6,12-16H,4,7-10H2/t12-,13-,14+/m1/s1. The first-order valence-corrected chi connectivity index (χ1v) is 6.45. The maximum absolute atomic E-state index is 3.78. The second-order valence-electron chi connectivity index (χ2n) is 5.07. The number of hydrogen-bond donors (Lipinski definition) is 2. The molecular formula is C14H20N2. The van der Waals surface area contributed by atoms with E-state index in [1.165, 1.54) is 31.4 Å². The molecule has 3 atom stereocenters. The predicted octanol–water partition coefficient (Wildman–Crippen LogP) is 1.88. The van der Waals surface area contributed by atoms with Crippen LogP contribution in [0.3, 0.4) is 0 Å². The van der Waals surface area contributed by atoms with E-state index in [0.29, 0.717) is 6.04 Å². The Morgan fingerprint density at radius 1 is 1.19 bits per heavy atom. The van der Waals surface area contributed by atoms with Crippen molar-refractivity contribution >= 4 is 0 Å². The van der Waals surface area contributed by atoms with Gasteiger partial charge in [0.05, 0.1) is 0 Å². The number of hydrogen-bond acceptors (Lipinski definition) is 2. The lowest BCUT2D eigenvalue weighted by Gasteiger charge is -2.24. The highest BCUT2D eigenvalue weighted by Crippen LogP contribution is 2.41. The van der Waals surface area contributed by atoms with Crippen LogP contribution in [0.15, 0.2) is 30.3 Å². The second-order valence-corrected chi connectivity index (χ2v) is 5.07. The molecule has 16 heavy (non-hydrogen) atoms. The molecule has 0 aromatic heterocycles. The molecule has 1 aliphatic carbocycles. The summed E-state index contributed by atoms with van der Waals surface area (Å²) in [6, 6.07) is 12.3. The molecule has 1 aromatic rings. The monoisotopic (exact) mass is 216 g/mol. The molecule has 2 fully saturated rings. The van der Waals surface area contributed by atoms with Crippen LogP contribution in [0.1, 0.15) is 30.7 Å². The van der Waals surface area contributed by atoms with Crippen LogP contribution < -0.4 is 10.6 Å². The summed E-state index contributed by atoms with van der Waals surface area (Å²) < 4.78 is 0. The first kappa shape index (κ1) is 10.3. The molecule has 0 bridgehead atoms. The molecule has 0 radical (unpaired) electrons. The van der Waals surface area contributed by atoms with Crippen LogP contribution >= 0.6 is 0 Å². The SMILES string of the molecule is c1ccc([C@H]2C[C@@H]2N[C@@H]2CCCNC2)cc1. The lowest BCUT2D eigenvalue weighted by atomic mass is 10.1. The second kappa shape index (κ2) is 4.56. The maximum Gasteiger partial charge on any atom is 0.0195 e. The van der Waals surface area contributed by atoms with E-state index in [4.69, 9.17) is 0 Å². The van der Waals surface area contributed by atoms with Crippen molar-refractivity contribution < 1.29 is 0 Å². The summed E-state index contributed by atoms with van der Waals surface area (Å²) >= 11 is 0. The van der Waals surface area contributed by atoms with Crippen molar-refractivity contribution in [1.29, 1.82) is 0 Å². The summed E-state index contributed by atoms with van der Waals surface area (Å²) in [5, 5.41) is 7.24. The van der Waals surface area contributed by atoms with Crippen LogP contribution in [-0.2, 0) is 0 Å². The number of piperidine rings is 1. The third-order valence-corrected chi connectivity index (χ3v) is 3.76. The molecule has 2 nitrogen and oxygen atoms in total. The molecule has 1 aromatic carbocycles. The molecule has 1 saturated carbocycles. The van der Waals surface area contributed by atoms with Crippen LogP contribution in [0.5, 0.6) is 0 Å². The van der Waals surface area contributed by atoms with Crippen LogP contribution in [0, 0.1) is 0 Å². The highest BCUT2D eigenvalue weighted by molar-refractivity contribution is 5.27. The number of rotatable bonds is 3. The Balaban J connectivity index is 1.52. The smallest absolute Gasteiger partial charge is 0.0195 e. The third-order valence-electron chi connectivity index (χ3n) is 3.76. The van der Waals surface area contributed by atoms with Crippen LogP contribution in [0.25, 0.3) is 0 Å². The Morgan fingerprint density at radius 3 is 2.81 bits per heavy atom. The van der Waals surface area contributed by atoms with Gasteiger partial charge in [-0.3, -0.25) is 0 Å². The minimum absolute atomic E-state index is 0.701. The van der Waals surface area contributed by atoms with Crippen molar-refractivity contribution in [1.82, 2.24) is 10.6 Å². The molecule has 2 aliphatic rings. The molecule has 2 N–H and O–H groups in total. The van der Waals surface area contributed by atoms with Crippen molar-refractivity contribution in [3.8, 4) is 0 Å². The molecule has 86 valence electrons. The van der Waals surface area contributed by atoms with Gasteiger partial charge in [-0.15, -0.1) is 0 Å². The van der Waals surface area contributed by atoms with E-state index in [1.807, 2.05) is 0 Å². The fourth-order valence-electron chi connectivity index (χ4n) is 2.74. The van der Waals surface area contributed by atoms with Crippen molar-refractivity contribution in [3.63, 3.8) is 0 Å². The summed E-state index contributed by atoms with van der Waals surface area (Å²) in [5.41, 5.74) is 1.50.